The Morgan fingerprint density at radius 3 is 2.65 bits per heavy atom. The van der Waals surface area contributed by atoms with Crippen molar-refractivity contribution in [3.63, 3.8) is 0 Å². The molecule has 2 aliphatic carbocycles. The quantitative estimate of drug-likeness (QED) is 0.316. The summed E-state index contributed by atoms with van der Waals surface area (Å²) in [5.74, 6) is 1.76. The number of aryl methyl sites for hydroxylation is 1. The van der Waals surface area contributed by atoms with Crippen molar-refractivity contribution in [2.75, 3.05) is 7.11 Å². The number of methoxy groups -OCH3 is 1. The van der Waals surface area contributed by atoms with E-state index in [1.165, 1.54) is 12.8 Å². The SMILES string of the molecule is COc1ccccc1-c1ccccc1/N=C/c1cc(C)cc(C23CCCC(=CC(C)C2)C3)c1O. The van der Waals surface area contributed by atoms with Crippen LogP contribution in [0, 0.1) is 12.8 Å². The van der Waals surface area contributed by atoms with Crippen LogP contribution in [0.2, 0.25) is 0 Å². The number of hydrogen-bond acceptors (Lipinski definition) is 3. The molecule has 1 fully saturated rings. The van der Waals surface area contributed by atoms with Crippen LogP contribution in [0.3, 0.4) is 0 Å². The normalized spacial score (nSPS) is 22.0. The molecule has 0 saturated heterocycles. The Kier molecular flexibility index (Phi) is 6.03. The maximum Gasteiger partial charge on any atom is 0.128 e. The van der Waals surface area contributed by atoms with E-state index >= 15 is 0 Å². The van der Waals surface area contributed by atoms with Crippen LogP contribution in [0.5, 0.6) is 11.5 Å². The summed E-state index contributed by atoms with van der Waals surface area (Å²) in [7, 11) is 1.69. The molecule has 3 aromatic rings. The number of nitrogens with zero attached hydrogens (tertiary/aromatic N) is 1. The molecule has 5 rings (SSSR count). The van der Waals surface area contributed by atoms with Gasteiger partial charge in [-0.2, -0.15) is 0 Å². The van der Waals surface area contributed by atoms with E-state index in [-0.39, 0.29) is 5.41 Å². The molecule has 2 bridgehead atoms. The number of phenols is 1. The van der Waals surface area contributed by atoms with Crippen LogP contribution in [-0.2, 0) is 5.41 Å². The summed E-state index contributed by atoms with van der Waals surface area (Å²) in [5.41, 5.74) is 7.51. The van der Waals surface area contributed by atoms with Gasteiger partial charge in [-0.3, -0.25) is 4.99 Å². The van der Waals surface area contributed by atoms with Crippen LogP contribution in [0.4, 0.5) is 5.69 Å². The third-order valence-corrected chi connectivity index (χ3v) is 7.45. The lowest BCUT2D eigenvalue weighted by atomic mass is 9.60. The summed E-state index contributed by atoms with van der Waals surface area (Å²) < 4.78 is 5.59. The number of hydrogen-bond donors (Lipinski definition) is 1. The summed E-state index contributed by atoms with van der Waals surface area (Å²) in [6, 6.07) is 20.3. The van der Waals surface area contributed by atoms with Gasteiger partial charge < -0.3 is 9.84 Å². The second-order valence-electron chi connectivity index (χ2n) is 10.0. The highest BCUT2D eigenvalue weighted by atomic mass is 16.5. The fraction of sp³-hybridized carbons (Fsp3) is 0.323. The van der Waals surface area contributed by atoms with Crippen molar-refractivity contribution in [3.8, 4) is 22.6 Å². The summed E-state index contributed by atoms with van der Waals surface area (Å²) >= 11 is 0. The van der Waals surface area contributed by atoms with Gasteiger partial charge in [-0.1, -0.05) is 61.0 Å². The first-order valence-corrected chi connectivity index (χ1v) is 12.3. The van der Waals surface area contributed by atoms with Crippen LogP contribution in [-0.4, -0.2) is 18.4 Å². The van der Waals surface area contributed by atoms with Gasteiger partial charge in [0.1, 0.15) is 11.5 Å². The molecule has 3 heteroatoms. The number of allylic oxidation sites excluding steroid dienone is 2. The molecular weight excluding hydrogens is 418 g/mol. The van der Waals surface area contributed by atoms with E-state index < -0.39 is 0 Å². The second-order valence-corrected chi connectivity index (χ2v) is 10.0. The molecule has 0 radical (unpaired) electrons. The topological polar surface area (TPSA) is 41.8 Å². The number of rotatable bonds is 5. The van der Waals surface area contributed by atoms with Crippen molar-refractivity contribution >= 4 is 11.9 Å². The minimum atomic E-state index is 0.0375. The van der Waals surface area contributed by atoms with Gasteiger partial charge in [0.15, 0.2) is 0 Å². The number of aliphatic imine (C=N–C) groups is 1. The molecule has 1 saturated carbocycles. The average Bonchev–Trinajstić information content (AvgIpc) is 2.84. The summed E-state index contributed by atoms with van der Waals surface area (Å²) in [4.78, 5) is 4.86. The van der Waals surface area contributed by atoms with Crippen LogP contribution < -0.4 is 4.74 Å². The van der Waals surface area contributed by atoms with Gasteiger partial charge in [0.25, 0.3) is 0 Å². The molecule has 0 aliphatic heterocycles. The minimum Gasteiger partial charge on any atom is -0.507 e. The largest absolute Gasteiger partial charge is 0.507 e. The van der Waals surface area contributed by atoms with Crippen molar-refractivity contribution in [2.45, 2.75) is 51.4 Å². The molecule has 1 N–H and O–H groups in total. The molecular formula is C31H33NO2. The van der Waals surface area contributed by atoms with Gasteiger partial charge in [0, 0.05) is 33.9 Å². The molecule has 34 heavy (non-hydrogen) atoms. The van der Waals surface area contributed by atoms with Crippen LogP contribution in [0.1, 0.15) is 55.7 Å². The molecule has 0 aromatic heterocycles. The summed E-state index contributed by atoms with van der Waals surface area (Å²) in [6.45, 7) is 4.43. The Hall–Kier alpha value is -3.33. The van der Waals surface area contributed by atoms with Crippen molar-refractivity contribution < 1.29 is 9.84 Å². The summed E-state index contributed by atoms with van der Waals surface area (Å²) in [6.07, 6.45) is 9.99. The van der Waals surface area contributed by atoms with Gasteiger partial charge in [0.2, 0.25) is 0 Å². The van der Waals surface area contributed by atoms with Gasteiger partial charge in [0.05, 0.1) is 12.8 Å². The van der Waals surface area contributed by atoms with E-state index in [4.69, 9.17) is 9.73 Å². The van der Waals surface area contributed by atoms with Crippen molar-refractivity contribution in [1.29, 1.82) is 0 Å². The zero-order chi connectivity index (χ0) is 23.7. The standard InChI is InChI=1S/C31H33NO2/c1-21-16-24(30(33)27(17-21)31-14-8-9-23(19-31)15-22(2)18-31)20-32-28-12-6-4-10-25(28)26-11-5-7-13-29(26)34-3/h4-7,10-13,15-17,20,22,33H,8-9,14,18-19H2,1-3H3/b32-20+. The van der Waals surface area contributed by atoms with Crippen molar-refractivity contribution in [3.05, 3.63) is 89.0 Å². The van der Waals surface area contributed by atoms with E-state index in [9.17, 15) is 5.11 Å². The average molecular weight is 452 g/mol. The van der Waals surface area contributed by atoms with Crippen molar-refractivity contribution in [2.24, 2.45) is 10.9 Å². The number of aromatic hydroxyl groups is 1. The van der Waals surface area contributed by atoms with E-state index in [0.29, 0.717) is 11.7 Å². The molecule has 3 aromatic carbocycles. The fourth-order valence-electron chi connectivity index (χ4n) is 6.13. The first-order valence-electron chi connectivity index (χ1n) is 12.3. The van der Waals surface area contributed by atoms with E-state index in [1.54, 1.807) is 12.7 Å². The second kappa shape index (κ2) is 9.13. The predicted molar refractivity (Wildman–Crippen MR) is 141 cm³/mol. The number of para-hydroxylation sites is 2. The smallest absolute Gasteiger partial charge is 0.128 e. The van der Waals surface area contributed by atoms with Crippen LogP contribution in [0.15, 0.2) is 77.3 Å². The number of ether oxygens (including phenoxy) is 1. The van der Waals surface area contributed by atoms with E-state index in [0.717, 1.165) is 58.5 Å². The Bertz CT molecular complexity index is 1270. The number of benzene rings is 3. The third-order valence-electron chi connectivity index (χ3n) is 7.45. The Morgan fingerprint density at radius 2 is 1.82 bits per heavy atom. The van der Waals surface area contributed by atoms with E-state index in [2.05, 4.69) is 32.1 Å². The van der Waals surface area contributed by atoms with Gasteiger partial charge >= 0.3 is 0 Å². The lowest BCUT2D eigenvalue weighted by Crippen LogP contribution is -2.35. The molecule has 0 amide bonds. The van der Waals surface area contributed by atoms with Gasteiger partial charge in [-0.25, -0.2) is 0 Å². The van der Waals surface area contributed by atoms with Gasteiger partial charge in [-0.05, 0) is 68.7 Å². The molecule has 0 spiro atoms. The molecule has 0 heterocycles. The van der Waals surface area contributed by atoms with Gasteiger partial charge in [-0.15, -0.1) is 0 Å². The molecule has 2 atom stereocenters. The predicted octanol–water partition coefficient (Wildman–Crippen LogP) is 7.90. The highest BCUT2D eigenvalue weighted by molar-refractivity contribution is 5.89. The number of phenolic OH excluding ortho intramolecular Hbond substituents is 1. The molecule has 2 aliphatic rings. The lowest BCUT2D eigenvalue weighted by Gasteiger charge is -2.44. The van der Waals surface area contributed by atoms with Crippen LogP contribution in [0.25, 0.3) is 11.1 Å². The fourth-order valence-corrected chi connectivity index (χ4v) is 6.13. The monoisotopic (exact) mass is 451 g/mol. The highest BCUT2D eigenvalue weighted by Gasteiger charge is 2.41. The summed E-state index contributed by atoms with van der Waals surface area (Å²) in [5, 5.41) is 11.5. The highest BCUT2D eigenvalue weighted by Crippen LogP contribution is 2.52. The first-order chi connectivity index (χ1) is 16.5. The zero-order valence-corrected chi connectivity index (χ0v) is 20.3. The first kappa shape index (κ1) is 22.5. The zero-order valence-electron chi connectivity index (χ0n) is 20.3. The lowest BCUT2D eigenvalue weighted by molar-refractivity contribution is 0.262. The Labute approximate surface area is 202 Å². The van der Waals surface area contributed by atoms with Crippen molar-refractivity contribution in [1.82, 2.24) is 0 Å². The molecule has 3 nitrogen and oxygen atoms in total. The molecule has 174 valence electrons. The third kappa shape index (κ3) is 4.16. The Morgan fingerprint density at radius 1 is 1.06 bits per heavy atom. The number of fused-ring (bicyclic) bond motifs is 2. The maximum atomic E-state index is 11.5. The van der Waals surface area contributed by atoms with E-state index in [1.807, 2.05) is 54.7 Å². The minimum absolute atomic E-state index is 0.0375. The Balaban J connectivity index is 1.55. The molecule has 2 unspecified atom stereocenters. The maximum absolute atomic E-state index is 11.5. The van der Waals surface area contributed by atoms with Crippen LogP contribution >= 0.6 is 0 Å².